The maximum Gasteiger partial charge on any atom is 0.276 e. The number of nitrogens with one attached hydrogen (secondary N) is 1. The van der Waals surface area contributed by atoms with Gasteiger partial charge in [-0.1, -0.05) is 0 Å². The van der Waals surface area contributed by atoms with E-state index in [4.69, 9.17) is 12.2 Å². The number of aryl methyl sites for hydroxylation is 3. The molecular formula is C15H18N6OS. The molecule has 2 aromatic rings. The summed E-state index contributed by atoms with van der Waals surface area (Å²) in [5.74, 6) is -0.137. The van der Waals surface area contributed by atoms with Crippen molar-refractivity contribution in [3.63, 3.8) is 0 Å². The normalized spacial score (nSPS) is 16.5. The second-order valence-corrected chi connectivity index (χ2v) is 5.81. The summed E-state index contributed by atoms with van der Waals surface area (Å²) in [4.78, 5) is 14.1. The Labute approximate surface area is 139 Å². The molecule has 0 aromatic carbocycles. The van der Waals surface area contributed by atoms with Crippen molar-refractivity contribution in [3.8, 4) is 0 Å². The predicted octanol–water partition coefficient (Wildman–Crippen LogP) is 1.20. The molecular weight excluding hydrogens is 312 g/mol. The van der Waals surface area contributed by atoms with Gasteiger partial charge in [0.15, 0.2) is 5.11 Å². The zero-order chi connectivity index (χ0) is 16.6. The van der Waals surface area contributed by atoms with E-state index in [1.54, 1.807) is 21.9 Å². The summed E-state index contributed by atoms with van der Waals surface area (Å²) in [5, 5.41) is 11.9. The topological polar surface area (TPSA) is 68.0 Å². The van der Waals surface area contributed by atoms with Crippen LogP contribution in [0, 0.1) is 6.92 Å². The quantitative estimate of drug-likeness (QED) is 0.674. The van der Waals surface area contributed by atoms with E-state index < -0.39 is 0 Å². The number of thiocarbonyl (C=S) groups is 1. The van der Waals surface area contributed by atoms with Gasteiger partial charge in [0.1, 0.15) is 5.70 Å². The summed E-state index contributed by atoms with van der Waals surface area (Å²) in [6.45, 7) is 5.12. The molecule has 1 saturated heterocycles. The molecule has 0 bridgehead atoms. The third-order valence-electron chi connectivity index (χ3n) is 3.66. The Hall–Kier alpha value is -2.48. The lowest BCUT2D eigenvalue weighted by Crippen LogP contribution is -2.29. The number of aromatic nitrogens is 4. The van der Waals surface area contributed by atoms with Gasteiger partial charge in [0.25, 0.3) is 5.91 Å². The van der Waals surface area contributed by atoms with E-state index in [1.807, 2.05) is 38.0 Å². The van der Waals surface area contributed by atoms with E-state index in [1.165, 1.54) is 0 Å². The maximum absolute atomic E-state index is 12.6. The molecule has 0 saturated carbocycles. The molecule has 0 radical (unpaired) electrons. The van der Waals surface area contributed by atoms with Crippen molar-refractivity contribution in [2.24, 2.45) is 7.05 Å². The Kier molecular flexibility index (Phi) is 3.99. The second-order valence-electron chi connectivity index (χ2n) is 5.43. The summed E-state index contributed by atoms with van der Waals surface area (Å²) in [6.07, 6.45) is 7.33. The SMILES string of the molecule is CCn1cc(CN2C(=O)/C(=C\c3cn(C)nc3C)NC2=S)cn1. The minimum Gasteiger partial charge on any atom is -0.328 e. The summed E-state index contributed by atoms with van der Waals surface area (Å²) in [5.41, 5.74) is 3.17. The van der Waals surface area contributed by atoms with Crippen LogP contribution in [-0.4, -0.2) is 35.5 Å². The molecule has 1 amide bonds. The first kappa shape index (κ1) is 15.4. The first-order valence-electron chi connectivity index (χ1n) is 7.34. The van der Waals surface area contributed by atoms with Crippen molar-refractivity contribution in [2.45, 2.75) is 26.9 Å². The van der Waals surface area contributed by atoms with Crippen molar-refractivity contribution in [3.05, 3.63) is 41.1 Å². The molecule has 3 rings (SSSR count). The largest absolute Gasteiger partial charge is 0.328 e. The molecule has 0 aliphatic carbocycles. The molecule has 8 heteroatoms. The highest BCUT2D eigenvalue weighted by Crippen LogP contribution is 2.18. The van der Waals surface area contributed by atoms with Crippen LogP contribution in [0.3, 0.4) is 0 Å². The number of hydrogen-bond donors (Lipinski definition) is 1. The van der Waals surface area contributed by atoms with Crippen LogP contribution in [0.1, 0.15) is 23.7 Å². The van der Waals surface area contributed by atoms with Crippen LogP contribution in [0.2, 0.25) is 0 Å². The van der Waals surface area contributed by atoms with Crippen molar-refractivity contribution in [2.75, 3.05) is 0 Å². The predicted molar refractivity (Wildman–Crippen MR) is 90.1 cm³/mol. The fraction of sp³-hybridized carbons (Fsp3) is 0.333. The van der Waals surface area contributed by atoms with Gasteiger partial charge in [-0.3, -0.25) is 19.1 Å². The molecule has 7 nitrogen and oxygen atoms in total. The van der Waals surface area contributed by atoms with E-state index in [2.05, 4.69) is 15.5 Å². The molecule has 2 aromatic heterocycles. The van der Waals surface area contributed by atoms with E-state index in [0.29, 0.717) is 17.4 Å². The Bertz CT molecular complexity index is 803. The Morgan fingerprint density at radius 3 is 2.78 bits per heavy atom. The van der Waals surface area contributed by atoms with Gasteiger partial charge in [-0.25, -0.2) is 0 Å². The number of amides is 1. The number of hydrogen-bond acceptors (Lipinski definition) is 4. The van der Waals surface area contributed by atoms with Crippen LogP contribution in [0.5, 0.6) is 0 Å². The number of rotatable bonds is 4. The summed E-state index contributed by atoms with van der Waals surface area (Å²) >= 11 is 5.29. The zero-order valence-electron chi connectivity index (χ0n) is 13.3. The van der Waals surface area contributed by atoms with Gasteiger partial charge < -0.3 is 5.32 Å². The van der Waals surface area contributed by atoms with Crippen molar-refractivity contribution in [1.29, 1.82) is 0 Å². The van der Waals surface area contributed by atoms with Gasteiger partial charge in [-0.15, -0.1) is 0 Å². The first-order chi connectivity index (χ1) is 11.0. The lowest BCUT2D eigenvalue weighted by molar-refractivity contribution is -0.122. The molecule has 1 fully saturated rings. The molecule has 1 N–H and O–H groups in total. The lowest BCUT2D eigenvalue weighted by atomic mass is 10.2. The third kappa shape index (κ3) is 3.02. The van der Waals surface area contributed by atoms with Crippen molar-refractivity contribution < 1.29 is 4.79 Å². The fourth-order valence-corrected chi connectivity index (χ4v) is 2.73. The number of nitrogens with zero attached hydrogens (tertiary/aromatic N) is 5. The highest BCUT2D eigenvalue weighted by atomic mass is 32.1. The second kappa shape index (κ2) is 5.96. The fourth-order valence-electron chi connectivity index (χ4n) is 2.47. The van der Waals surface area contributed by atoms with Gasteiger partial charge >= 0.3 is 0 Å². The third-order valence-corrected chi connectivity index (χ3v) is 3.99. The Balaban J connectivity index is 1.81. The van der Waals surface area contributed by atoms with Crippen LogP contribution < -0.4 is 5.32 Å². The summed E-state index contributed by atoms with van der Waals surface area (Å²) < 4.78 is 3.54. The minimum absolute atomic E-state index is 0.137. The Morgan fingerprint density at radius 1 is 1.39 bits per heavy atom. The van der Waals surface area contributed by atoms with Crippen LogP contribution in [0.25, 0.3) is 6.08 Å². The summed E-state index contributed by atoms with van der Waals surface area (Å²) in [7, 11) is 1.85. The van der Waals surface area contributed by atoms with Crippen molar-refractivity contribution >= 4 is 29.3 Å². The zero-order valence-corrected chi connectivity index (χ0v) is 14.1. The van der Waals surface area contributed by atoms with Crippen LogP contribution in [-0.2, 0) is 24.9 Å². The van der Waals surface area contributed by atoms with E-state index in [9.17, 15) is 4.79 Å². The van der Waals surface area contributed by atoms with Crippen LogP contribution in [0.15, 0.2) is 24.3 Å². The monoisotopic (exact) mass is 330 g/mol. The molecule has 1 aliphatic rings. The lowest BCUT2D eigenvalue weighted by Gasteiger charge is -2.12. The molecule has 1 aliphatic heterocycles. The Morgan fingerprint density at radius 2 is 2.17 bits per heavy atom. The number of carbonyl (C=O) groups excluding carboxylic acids is 1. The van der Waals surface area contributed by atoms with Gasteiger partial charge in [-0.2, -0.15) is 10.2 Å². The standard InChI is InChI=1S/C15H18N6OS/c1-4-20-7-11(6-16-20)8-21-14(22)13(17-15(21)23)5-12-9-19(3)18-10(12)2/h5-7,9H,4,8H2,1-3H3,(H,17,23)/b13-5+. The van der Waals surface area contributed by atoms with Crippen LogP contribution in [0.4, 0.5) is 0 Å². The molecule has 0 unspecified atom stereocenters. The molecule has 0 spiro atoms. The minimum atomic E-state index is -0.137. The molecule has 120 valence electrons. The van der Waals surface area contributed by atoms with Gasteiger partial charge in [0.05, 0.1) is 18.4 Å². The summed E-state index contributed by atoms with van der Waals surface area (Å²) in [6, 6.07) is 0. The average molecular weight is 330 g/mol. The molecule has 3 heterocycles. The van der Waals surface area contributed by atoms with Gasteiger partial charge in [0.2, 0.25) is 0 Å². The van der Waals surface area contributed by atoms with Gasteiger partial charge in [-0.05, 0) is 32.1 Å². The van der Waals surface area contributed by atoms with Gasteiger partial charge in [0, 0.05) is 37.1 Å². The average Bonchev–Trinajstić information content (AvgIpc) is 3.15. The first-order valence-corrected chi connectivity index (χ1v) is 7.75. The maximum atomic E-state index is 12.6. The smallest absolute Gasteiger partial charge is 0.276 e. The van der Waals surface area contributed by atoms with E-state index >= 15 is 0 Å². The highest BCUT2D eigenvalue weighted by Gasteiger charge is 2.31. The molecule has 0 atom stereocenters. The number of carbonyl (C=O) groups is 1. The van der Waals surface area contributed by atoms with E-state index in [0.717, 1.165) is 23.4 Å². The van der Waals surface area contributed by atoms with Crippen LogP contribution >= 0.6 is 12.2 Å². The molecule has 23 heavy (non-hydrogen) atoms. The van der Waals surface area contributed by atoms with E-state index in [-0.39, 0.29) is 5.91 Å². The highest BCUT2D eigenvalue weighted by molar-refractivity contribution is 7.80. The van der Waals surface area contributed by atoms with Crippen molar-refractivity contribution in [1.82, 2.24) is 29.8 Å².